The molecule has 18 heavy (non-hydrogen) atoms. The minimum atomic E-state index is -4.38. The maximum atomic E-state index is 12.8. The van der Waals surface area contributed by atoms with Crippen molar-refractivity contribution in [3.05, 3.63) is 24.0 Å². The lowest BCUT2D eigenvalue weighted by atomic mass is 9.95. The second-order valence-corrected chi connectivity index (χ2v) is 4.55. The average Bonchev–Trinajstić information content (AvgIpc) is 2.85. The number of amides is 1. The van der Waals surface area contributed by atoms with Crippen LogP contribution in [0.15, 0.2) is 18.3 Å². The third-order valence-corrected chi connectivity index (χ3v) is 3.24. The quantitative estimate of drug-likeness (QED) is 0.856. The molecule has 1 aromatic rings. The van der Waals surface area contributed by atoms with E-state index in [0.29, 0.717) is 6.54 Å². The van der Waals surface area contributed by atoms with Crippen molar-refractivity contribution >= 4 is 5.91 Å². The molecule has 2 heterocycles. The van der Waals surface area contributed by atoms with E-state index in [1.807, 2.05) is 0 Å². The number of hydrogen-bond donors (Lipinski definition) is 2. The number of carbonyl (C=O) groups is 1. The van der Waals surface area contributed by atoms with Gasteiger partial charge < -0.3 is 10.7 Å². The zero-order valence-electron chi connectivity index (χ0n) is 9.57. The smallest absolute Gasteiger partial charge is 0.369 e. The summed E-state index contributed by atoms with van der Waals surface area (Å²) in [6.45, 7) is 0.234. The number of hydrogen-bond acceptors (Lipinski definition) is 2. The van der Waals surface area contributed by atoms with Gasteiger partial charge in [0.05, 0.1) is 11.8 Å². The Balaban J connectivity index is 2.07. The van der Waals surface area contributed by atoms with Gasteiger partial charge in [-0.25, -0.2) is 0 Å². The fraction of sp³-hybridized carbons (Fsp3) is 0.545. The first-order chi connectivity index (χ1) is 8.38. The van der Waals surface area contributed by atoms with Gasteiger partial charge in [0.1, 0.15) is 0 Å². The number of halogens is 3. The van der Waals surface area contributed by atoms with Gasteiger partial charge in [-0.3, -0.25) is 9.69 Å². The molecule has 0 saturated carbocycles. The van der Waals surface area contributed by atoms with Crippen molar-refractivity contribution < 1.29 is 18.0 Å². The van der Waals surface area contributed by atoms with Gasteiger partial charge in [0.25, 0.3) is 0 Å². The lowest BCUT2D eigenvalue weighted by Gasteiger charge is -2.18. The van der Waals surface area contributed by atoms with E-state index in [1.54, 1.807) is 23.2 Å². The Morgan fingerprint density at radius 3 is 2.67 bits per heavy atom. The second-order valence-electron chi connectivity index (χ2n) is 4.55. The number of rotatable bonds is 3. The van der Waals surface area contributed by atoms with Crippen LogP contribution in [0.2, 0.25) is 0 Å². The molecular weight excluding hydrogens is 247 g/mol. The van der Waals surface area contributed by atoms with Crippen LogP contribution in [0, 0.1) is 11.8 Å². The molecule has 1 aliphatic heterocycles. The molecule has 1 saturated heterocycles. The first-order valence-corrected chi connectivity index (χ1v) is 5.58. The van der Waals surface area contributed by atoms with Crippen molar-refractivity contribution in [3.63, 3.8) is 0 Å². The molecule has 1 fully saturated rings. The van der Waals surface area contributed by atoms with Gasteiger partial charge in [-0.15, -0.1) is 0 Å². The summed E-state index contributed by atoms with van der Waals surface area (Å²) in [4.78, 5) is 15.6. The highest BCUT2D eigenvalue weighted by atomic mass is 19.4. The fourth-order valence-corrected chi connectivity index (χ4v) is 2.34. The summed E-state index contributed by atoms with van der Waals surface area (Å²) in [7, 11) is 0. The Hall–Kier alpha value is -1.50. The molecule has 1 amide bonds. The summed E-state index contributed by atoms with van der Waals surface area (Å²) in [5.41, 5.74) is 5.87. The molecular formula is C11H14F3N3O. The molecule has 0 aliphatic carbocycles. The van der Waals surface area contributed by atoms with Crippen LogP contribution >= 0.6 is 0 Å². The Morgan fingerprint density at radius 1 is 1.50 bits per heavy atom. The Kier molecular flexibility index (Phi) is 3.34. The van der Waals surface area contributed by atoms with E-state index in [0.717, 1.165) is 5.69 Å². The number of aromatic nitrogens is 1. The van der Waals surface area contributed by atoms with E-state index in [2.05, 4.69) is 4.98 Å². The minimum absolute atomic E-state index is 0.0541. The largest absolute Gasteiger partial charge is 0.393 e. The number of H-pyrrole nitrogens is 1. The molecule has 1 aliphatic rings. The Labute approximate surface area is 102 Å². The number of primary amides is 1. The molecule has 7 heteroatoms. The van der Waals surface area contributed by atoms with Crippen molar-refractivity contribution in [2.75, 3.05) is 13.1 Å². The highest BCUT2D eigenvalue weighted by Crippen LogP contribution is 2.37. The first kappa shape index (κ1) is 12.9. The number of nitrogens with zero attached hydrogens (tertiary/aromatic N) is 1. The third kappa shape index (κ3) is 2.66. The molecule has 0 radical (unpaired) electrons. The van der Waals surface area contributed by atoms with E-state index < -0.39 is 23.9 Å². The number of carbonyl (C=O) groups excluding carboxylic acids is 1. The summed E-state index contributed by atoms with van der Waals surface area (Å²) >= 11 is 0. The van der Waals surface area contributed by atoms with Crippen molar-refractivity contribution in [2.24, 2.45) is 17.6 Å². The van der Waals surface area contributed by atoms with E-state index in [9.17, 15) is 18.0 Å². The first-order valence-electron chi connectivity index (χ1n) is 5.58. The topological polar surface area (TPSA) is 62.1 Å². The molecule has 100 valence electrons. The highest BCUT2D eigenvalue weighted by Gasteiger charge is 2.51. The van der Waals surface area contributed by atoms with Crippen LogP contribution in [0.25, 0.3) is 0 Å². The molecule has 0 spiro atoms. The van der Waals surface area contributed by atoms with Gasteiger partial charge in [-0.1, -0.05) is 0 Å². The standard InChI is InChI=1S/C11H14F3N3O/c12-11(13,14)9-6-17(5-8(9)10(15)18)4-7-2-1-3-16-7/h1-3,8-9,16H,4-6H2,(H2,15,18)/t8-,9-/m1/s1. The number of nitrogens with one attached hydrogen (secondary N) is 1. The lowest BCUT2D eigenvalue weighted by molar-refractivity contribution is -0.182. The van der Waals surface area contributed by atoms with Crippen LogP contribution in [-0.4, -0.2) is 35.1 Å². The minimum Gasteiger partial charge on any atom is -0.369 e. The lowest BCUT2D eigenvalue weighted by Crippen LogP contribution is -2.37. The summed E-state index contributed by atoms with van der Waals surface area (Å²) in [6.07, 6.45) is -2.68. The van der Waals surface area contributed by atoms with Gasteiger partial charge in [0.2, 0.25) is 5.91 Å². The number of likely N-dealkylation sites (tertiary alicyclic amines) is 1. The zero-order chi connectivity index (χ0) is 13.3. The van der Waals surface area contributed by atoms with Crippen molar-refractivity contribution in [1.29, 1.82) is 0 Å². The van der Waals surface area contributed by atoms with Crippen LogP contribution in [0.4, 0.5) is 13.2 Å². The average molecular weight is 261 g/mol. The van der Waals surface area contributed by atoms with Crippen molar-refractivity contribution in [1.82, 2.24) is 9.88 Å². The number of aromatic amines is 1. The van der Waals surface area contributed by atoms with Gasteiger partial charge in [-0.05, 0) is 12.1 Å². The van der Waals surface area contributed by atoms with Crippen LogP contribution in [-0.2, 0) is 11.3 Å². The highest BCUT2D eigenvalue weighted by molar-refractivity contribution is 5.77. The van der Waals surface area contributed by atoms with E-state index in [1.165, 1.54) is 0 Å². The van der Waals surface area contributed by atoms with Crippen molar-refractivity contribution in [2.45, 2.75) is 12.7 Å². The predicted molar refractivity (Wildman–Crippen MR) is 58.3 cm³/mol. The Bertz CT molecular complexity index is 416. The molecule has 2 rings (SSSR count). The fourth-order valence-electron chi connectivity index (χ4n) is 2.34. The molecule has 0 bridgehead atoms. The Morgan fingerprint density at radius 2 is 2.22 bits per heavy atom. The molecule has 2 atom stereocenters. The summed E-state index contributed by atoms with van der Waals surface area (Å²) in [5, 5.41) is 0. The summed E-state index contributed by atoms with van der Waals surface area (Å²) in [5.74, 6) is -3.70. The molecule has 1 aromatic heterocycles. The van der Waals surface area contributed by atoms with Crippen molar-refractivity contribution in [3.8, 4) is 0 Å². The van der Waals surface area contributed by atoms with Gasteiger partial charge in [0, 0.05) is 31.5 Å². The van der Waals surface area contributed by atoms with Crippen LogP contribution in [0.3, 0.4) is 0 Å². The molecule has 0 aromatic carbocycles. The van der Waals surface area contributed by atoms with Crippen LogP contribution in [0.1, 0.15) is 5.69 Å². The van der Waals surface area contributed by atoms with Crippen LogP contribution < -0.4 is 5.73 Å². The second kappa shape index (κ2) is 4.64. The normalized spacial score (nSPS) is 25.5. The van der Waals surface area contributed by atoms with Gasteiger partial charge >= 0.3 is 6.18 Å². The molecule has 4 nitrogen and oxygen atoms in total. The summed E-state index contributed by atoms with van der Waals surface area (Å²) < 4.78 is 38.3. The van der Waals surface area contributed by atoms with E-state index in [4.69, 9.17) is 5.73 Å². The maximum absolute atomic E-state index is 12.8. The SMILES string of the molecule is NC(=O)[C@@H]1CN(Cc2ccc[nH]2)C[C@H]1C(F)(F)F. The van der Waals surface area contributed by atoms with E-state index >= 15 is 0 Å². The number of nitrogens with two attached hydrogens (primary N) is 1. The summed E-state index contributed by atoms with van der Waals surface area (Å²) in [6, 6.07) is 3.57. The predicted octanol–water partition coefficient (Wildman–Crippen LogP) is 1.11. The molecule has 3 N–H and O–H groups in total. The van der Waals surface area contributed by atoms with Crippen LogP contribution in [0.5, 0.6) is 0 Å². The monoisotopic (exact) mass is 261 g/mol. The van der Waals surface area contributed by atoms with E-state index in [-0.39, 0.29) is 13.1 Å². The zero-order valence-corrected chi connectivity index (χ0v) is 9.57. The van der Waals surface area contributed by atoms with Gasteiger partial charge in [0.15, 0.2) is 0 Å². The molecule has 0 unspecified atom stereocenters. The third-order valence-electron chi connectivity index (χ3n) is 3.24. The maximum Gasteiger partial charge on any atom is 0.393 e. The van der Waals surface area contributed by atoms with Gasteiger partial charge in [-0.2, -0.15) is 13.2 Å². The number of alkyl halides is 3.